The normalized spacial score (nSPS) is 10.6. The number of aromatic carboxylic acids is 1. The number of nitrogens with one attached hydrogen (secondary N) is 1. The van der Waals surface area contributed by atoms with Crippen molar-refractivity contribution in [2.45, 2.75) is 26.8 Å². The van der Waals surface area contributed by atoms with Gasteiger partial charge in [0.05, 0.1) is 5.69 Å². The monoisotopic (exact) mass is 280 g/mol. The maximum Gasteiger partial charge on any atom is 0.355 e. The second kappa shape index (κ2) is 5.83. The summed E-state index contributed by atoms with van der Waals surface area (Å²) in [6, 6.07) is 2.05. The highest BCUT2D eigenvalue weighted by molar-refractivity contribution is 7.13. The van der Waals surface area contributed by atoms with E-state index in [0.717, 1.165) is 30.9 Å². The summed E-state index contributed by atoms with van der Waals surface area (Å²) in [6.45, 7) is 5.59. The number of hydrogen-bond donors (Lipinski definition) is 2. The second-order valence-electron chi connectivity index (χ2n) is 4.27. The van der Waals surface area contributed by atoms with Crippen LogP contribution in [0.4, 0.5) is 5.13 Å². The van der Waals surface area contributed by atoms with Crippen LogP contribution >= 0.6 is 11.3 Å². The zero-order chi connectivity index (χ0) is 13.8. The molecule has 0 aliphatic heterocycles. The van der Waals surface area contributed by atoms with Crippen LogP contribution in [0.2, 0.25) is 0 Å². The zero-order valence-electron chi connectivity index (χ0n) is 10.9. The SMILES string of the molecule is Cc1cc(C)n(CCCNc2nc(C(=O)O)cs2)n1. The zero-order valence-corrected chi connectivity index (χ0v) is 11.7. The van der Waals surface area contributed by atoms with Gasteiger partial charge in [-0.1, -0.05) is 0 Å². The summed E-state index contributed by atoms with van der Waals surface area (Å²) in [7, 11) is 0. The van der Waals surface area contributed by atoms with Gasteiger partial charge in [-0.15, -0.1) is 11.3 Å². The Hall–Kier alpha value is -1.89. The highest BCUT2D eigenvalue weighted by Gasteiger charge is 2.07. The molecule has 0 radical (unpaired) electrons. The highest BCUT2D eigenvalue weighted by Crippen LogP contribution is 2.15. The summed E-state index contributed by atoms with van der Waals surface area (Å²) in [5.41, 5.74) is 2.27. The van der Waals surface area contributed by atoms with Crippen molar-refractivity contribution in [3.8, 4) is 0 Å². The molecule has 2 heterocycles. The molecule has 6 nitrogen and oxygen atoms in total. The molecule has 0 aromatic carbocycles. The molecule has 0 atom stereocenters. The largest absolute Gasteiger partial charge is 0.476 e. The lowest BCUT2D eigenvalue weighted by Gasteiger charge is -2.05. The van der Waals surface area contributed by atoms with Crippen molar-refractivity contribution in [1.82, 2.24) is 14.8 Å². The van der Waals surface area contributed by atoms with Crippen LogP contribution in [0.1, 0.15) is 28.3 Å². The van der Waals surface area contributed by atoms with Crippen molar-refractivity contribution < 1.29 is 9.90 Å². The molecule has 0 unspecified atom stereocenters. The Balaban J connectivity index is 1.77. The standard InChI is InChI=1S/C12H16N4O2S/c1-8-6-9(2)16(15-8)5-3-4-13-12-14-10(7-19-12)11(17)18/h6-7H,3-5H2,1-2H3,(H,13,14)(H,17,18). The number of thiazole rings is 1. The van der Waals surface area contributed by atoms with Crippen LogP contribution in [0.15, 0.2) is 11.4 Å². The first-order valence-corrected chi connectivity index (χ1v) is 6.88. The first-order chi connectivity index (χ1) is 9.06. The Morgan fingerprint density at radius 3 is 2.89 bits per heavy atom. The lowest BCUT2D eigenvalue weighted by atomic mass is 10.4. The number of carboxylic acids is 1. The molecule has 0 aliphatic carbocycles. The first kappa shape index (κ1) is 13.5. The van der Waals surface area contributed by atoms with E-state index in [9.17, 15) is 4.79 Å². The topological polar surface area (TPSA) is 80.0 Å². The number of hydrogen-bond acceptors (Lipinski definition) is 5. The molecule has 0 fully saturated rings. The predicted molar refractivity (Wildman–Crippen MR) is 73.9 cm³/mol. The van der Waals surface area contributed by atoms with Gasteiger partial charge < -0.3 is 10.4 Å². The van der Waals surface area contributed by atoms with Gasteiger partial charge in [-0.25, -0.2) is 9.78 Å². The molecule has 2 aromatic rings. The van der Waals surface area contributed by atoms with Gasteiger partial charge in [0.25, 0.3) is 0 Å². The average molecular weight is 280 g/mol. The molecule has 0 saturated heterocycles. The van der Waals surface area contributed by atoms with Crippen molar-refractivity contribution in [2.75, 3.05) is 11.9 Å². The second-order valence-corrected chi connectivity index (χ2v) is 5.13. The van der Waals surface area contributed by atoms with Gasteiger partial charge in [-0.3, -0.25) is 4.68 Å². The summed E-state index contributed by atoms with van der Waals surface area (Å²) in [4.78, 5) is 14.6. The summed E-state index contributed by atoms with van der Waals surface area (Å²) < 4.78 is 1.97. The van der Waals surface area contributed by atoms with Crippen LogP contribution in [-0.4, -0.2) is 32.4 Å². The predicted octanol–water partition coefficient (Wildman–Crippen LogP) is 2.16. The number of aryl methyl sites for hydroxylation is 3. The van der Waals surface area contributed by atoms with Gasteiger partial charge in [-0.2, -0.15) is 5.10 Å². The highest BCUT2D eigenvalue weighted by atomic mass is 32.1. The first-order valence-electron chi connectivity index (χ1n) is 6.00. The molecule has 0 bridgehead atoms. The van der Waals surface area contributed by atoms with Gasteiger partial charge in [0.2, 0.25) is 0 Å². The molecule has 0 aliphatic rings. The minimum absolute atomic E-state index is 0.0889. The van der Waals surface area contributed by atoms with Crippen molar-refractivity contribution >= 4 is 22.4 Å². The summed E-state index contributed by atoms with van der Waals surface area (Å²) in [5.74, 6) is -0.994. The molecule has 2 rings (SSSR count). The fraction of sp³-hybridized carbons (Fsp3) is 0.417. The van der Waals surface area contributed by atoms with Crippen molar-refractivity contribution in [3.63, 3.8) is 0 Å². The maximum absolute atomic E-state index is 10.7. The minimum Gasteiger partial charge on any atom is -0.476 e. The smallest absolute Gasteiger partial charge is 0.355 e. The van der Waals surface area contributed by atoms with Crippen molar-refractivity contribution in [2.24, 2.45) is 0 Å². The number of rotatable bonds is 6. The lowest BCUT2D eigenvalue weighted by molar-refractivity contribution is 0.0691. The molecule has 0 spiro atoms. The number of nitrogens with zero attached hydrogens (tertiary/aromatic N) is 3. The van der Waals surface area contributed by atoms with Gasteiger partial charge in [0, 0.05) is 24.2 Å². The molecular formula is C12H16N4O2S. The van der Waals surface area contributed by atoms with Crippen LogP contribution in [-0.2, 0) is 6.54 Å². The molecule has 7 heteroatoms. The van der Waals surface area contributed by atoms with E-state index in [4.69, 9.17) is 5.11 Å². The molecule has 0 saturated carbocycles. The Bertz CT molecular complexity index is 576. The Labute approximate surface area is 115 Å². The molecular weight excluding hydrogens is 264 g/mol. The van der Waals surface area contributed by atoms with Crippen molar-refractivity contribution in [1.29, 1.82) is 0 Å². The van der Waals surface area contributed by atoms with Crippen LogP contribution in [0.3, 0.4) is 0 Å². The van der Waals surface area contributed by atoms with Gasteiger partial charge in [-0.05, 0) is 26.3 Å². The fourth-order valence-corrected chi connectivity index (χ4v) is 2.49. The number of carboxylic acid groups (broad SMARTS) is 1. The summed E-state index contributed by atoms with van der Waals surface area (Å²) in [5, 5.41) is 18.4. The number of carbonyl (C=O) groups is 1. The van der Waals surface area contributed by atoms with E-state index in [1.165, 1.54) is 16.7 Å². The molecule has 2 N–H and O–H groups in total. The fourth-order valence-electron chi connectivity index (χ4n) is 1.78. The van der Waals surface area contributed by atoms with Crippen LogP contribution in [0, 0.1) is 13.8 Å². The van der Waals surface area contributed by atoms with E-state index in [1.54, 1.807) is 0 Å². The number of aromatic nitrogens is 3. The molecule has 102 valence electrons. The van der Waals surface area contributed by atoms with Gasteiger partial charge >= 0.3 is 5.97 Å². The quantitative estimate of drug-likeness (QED) is 0.793. The van der Waals surface area contributed by atoms with E-state index in [1.807, 2.05) is 24.6 Å². The van der Waals surface area contributed by atoms with E-state index in [2.05, 4.69) is 15.4 Å². The molecule has 19 heavy (non-hydrogen) atoms. The third kappa shape index (κ3) is 3.54. The summed E-state index contributed by atoms with van der Waals surface area (Å²) >= 11 is 1.31. The third-order valence-electron chi connectivity index (χ3n) is 2.65. The van der Waals surface area contributed by atoms with Gasteiger partial charge in [0.1, 0.15) is 0 Å². The maximum atomic E-state index is 10.7. The molecule has 2 aromatic heterocycles. The van der Waals surface area contributed by atoms with E-state index in [0.29, 0.717) is 5.13 Å². The van der Waals surface area contributed by atoms with E-state index in [-0.39, 0.29) is 5.69 Å². The van der Waals surface area contributed by atoms with E-state index < -0.39 is 5.97 Å². The Morgan fingerprint density at radius 1 is 1.53 bits per heavy atom. The van der Waals surface area contributed by atoms with Crippen LogP contribution < -0.4 is 5.32 Å². The van der Waals surface area contributed by atoms with Crippen LogP contribution in [0.25, 0.3) is 0 Å². The third-order valence-corrected chi connectivity index (χ3v) is 3.45. The average Bonchev–Trinajstić information content (AvgIpc) is 2.92. The van der Waals surface area contributed by atoms with Crippen LogP contribution in [0.5, 0.6) is 0 Å². The summed E-state index contributed by atoms with van der Waals surface area (Å²) in [6.07, 6.45) is 0.907. The Kier molecular flexibility index (Phi) is 4.16. The Morgan fingerprint density at radius 2 is 2.32 bits per heavy atom. The number of anilines is 1. The van der Waals surface area contributed by atoms with E-state index >= 15 is 0 Å². The van der Waals surface area contributed by atoms with Gasteiger partial charge in [0.15, 0.2) is 10.8 Å². The van der Waals surface area contributed by atoms with Crippen molar-refractivity contribution in [3.05, 3.63) is 28.5 Å². The lowest BCUT2D eigenvalue weighted by Crippen LogP contribution is -2.09. The molecule has 0 amide bonds. The minimum atomic E-state index is -0.994.